The molecular weight excluding hydrogens is 427 g/mol. The summed E-state index contributed by atoms with van der Waals surface area (Å²) in [7, 11) is 1.81. The molecule has 0 N–H and O–H groups in total. The molecule has 3 aromatic heterocycles. The standard InChI is InChI=1S/C22H15ClF3N5/c1-30-12-31(17-6-7-19(23)29-21(17)22(24,25)26)20-15-9-13(14-3-2-8-27-10-14)4-5-16(15)28-11-18(20)30/h2-11H,12H2,1H3. The zero-order valence-corrected chi connectivity index (χ0v) is 17.0. The van der Waals surface area contributed by atoms with Crippen molar-refractivity contribution in [2.24, 2.45) is 0 Å². The van der Waals surface area contributed by atoms with Gasteiger partial charge in [-0.3, -0.25) is 9.97 Å². The SMILES string of the molecule is CN1CN(c2ccc(Cl)nc2C(F)(F)F)c2c1cnc1ccc(-c3cccnc3)cc21. The Bertz CT molecular complexity index is 1290. The van der Waals surface area contributed by atoms with E-state index in [2.05, 4.69) is 15.0 Å². The molecule has 5 rings (SSSR count). The third-order valence-corrected chi connectivity index (χ3v) is 5.46. The van der Waals surface area contributed by atoms with Crippen molar-refractivity contribution < 1.29 is 13.2 Å². The van der Waals surface area contributed by atoms with Crippen LogP contribution in [-0.2, 0) is 6.18 Å². The van der Waals surface area contributed by atoms with Crippen LogP contribution in [0, 0.1) is 0 Å². The number of alkyl halides is 3. The first kappa shape index (κ1) is 19.6. The van der Waals surface area contributed by atoms with E-state index < -0.39 is 11.9 Å². The van der Waals surface area contributed by atoms with Gasteiger partial charge in [-0.1, -0.05) is 23.7 Å². The highest BCUT2D eigenvalue weighted by Gasteiger charge is 2.39. The summed E-state index contributed by atoms with van der Waals surface area (Å²) in [5.41, 5.74) is 2.80. The molecule has 31 heavy (non-hydrogen) atoms. The van der Waals surface area contributed by atoms with E-state index in [9.17, 15) is 13.2 Å². The van der Waals surface area contributed by atoms with Crippen molar-refractivity contribution in [3.05, 3.63) is 71.9 Å². The molecule has 156 valence electrons. The van der Waals surface area contributed by atoms with Crippen LogP contribution in [-0.4, -0.2) is 28.7 Å². The van der Waals surface area contributed by atoms with E-state index >= 15 is 0 Å². The number of hydrogen-bond acceptors (Lipinski definition) is 5. The molecule has 1 aromatic carbocycles. The highest BCUT2D eigenvalue weighted by Crippen LogP contribution is 2.47. The van der Waals surface area contributed by atoms with Crippen molar-refractivity contribution in [1.82, 2.24) is 15.0 Å². The van der Waals surface area contributed by atoms with E-state index in [-0.39, 0.29) is 17.5 Å². The van der Waals surface area contributed by atoms with Gasteiger partial charge in [0, 0.05) is 30.4 Å². The van der Waals surface area contributed by atoms with Crippen LogP contribution in [0.5, 0.6) is 0 Å². The molecule has 0 radical (unpaired) electrons. The zero-order valence-electron chi connectivity index (χ0n) is 16.2. The maximum absolute atomic E-state index is 13.8. The van der Waals surface area contributed by atoms with Gasteiger partial charge < -0.3 is 9.80 Å². The maximum atomic E-state index is 13.8. The highest BCUT2D eigenvalue weighted by molar-refractivity contribution is 6.29. The molecule has 0 bridgehead atoms. The quantitative estimate of drug-likeness (QED) is 0.362. The molecule has 0 fully saturated rings. The van der Waals surface area contributed by atoms with Crippen molar-refractivity contribution in [2.75, 3.05) is 23.5 Å². The molecule has 4 aromatic rings. The van der Waals surface area contributed by atoms with E-state index in [1.165, 1.54) is 12.1 Å². The molecule has 0 aliphatic carbocycles. The highest BCUT2D eigenvalue weighted by atomic mass is 35.5. The first-order valence-corrected chi connectivity index (χ1v) is 9.76. The van der Waals surface area contributed by atoms with Gasteiger partial charge in [0.05, 0.1) is 35.4 Å². The number of aromatic nitrogens is 3. The molecule has 9 heteroatoms. The predicted octanol–water partition coefficient (Wildman–Crippen LogP) is 5.91. The molecule has 1 aliphatic heterocycles. The van der Waals surface area contributed by atoms with Crippen molar-refractivity contribution in [3.8, 4) is 11.1 Å². The van der Waals surface area contributed by atoms with Gasteiger partial charge in [-0.05, 0) is 35.9 Å². The van der Waals surface area contributed by atoms with Crippen LogP contribution in [0.2, 0.25) is 5.15 Å². The van der Waals surface area contributed by atoms with Crippen LogP contribution in [0.3, 0.4) is 0 Å². The summed E-state index contributed by atoms with van der Waals surface area (Å²) in [5, 5.41) is 0.536. The Labute approximate surface area is 180 Å². The molecular formula is C22H15ClF3N5. The van der Waals surface area contributed by atoms with E-state index in [1.807, 2.05) is 42.3 Å². The van der Waals surface area contributed by atoms with Gasteiger partial charge in [-0.15, -0.1) is 0 Å². The Hall–Kier alpha value is -3.39. The second-order valence-corrected chi connectivity index (χ2v) is 7.62. The number of anilines is 3. The summed E-state index contributed by atoms with van der Waals surface area (Å²) in [6, 6.07) is 12.2. The number of halogens is 4. The number of nitrogens with zero attached hydrogens (tertiary/aromatic N) is 5. The summed E-state index contributed by atoms with van der Waals surface area (Å²) < 4.78 is 41.3. The van der Waals surface area contributed by atoms with Crippen LogP contribution in [0.25, 0.3) is 22.0 Å². The van der Waals surface area contributed by atoms with Gasteiger partial charge in [-0.25, -0.2) is 4.98 Å². The minimum absolute atomic E-state index is 0.0539. The molecule has 0 saturated heterocycles. The summed E-state index contributed by atoms with van der Waals surface area (Å²) >= 11 is 5.79. The summed E-state index contributed by atoms with van der Waals surface area (Å²) in [6.07, 6.45) is 0.461. The zero-order chi connectivity index (χ0) is 21.8. The predicted molar refractivity (Wildman–Crippen MR) is 115 cm³/mol. The van der Waals surface area contributed by atoms with Crippen molar-refractivity contribution in [1.29, 1.82) is 0 Å². The number of hydrogen-bond donors (Lipinski definition) is 0. The minimum atomic E-state index is -4.65. The fourth-order valence-electron chi connectivity index (χ4n) is 3.85. The number of rotatable bonds is 2. The molecule has 5 nitrogen and oxygen atoms in total. The lowest BCUT2D eigenvalue weighted by molar-refractivity contribution is -0.140. The largest absolute Gasteiger partial charge is 0.435 e. The minimum Gasteiger partial charge on any atom is -0.354 e. The van der Waals surface area contributed by atoms with Gasteiger partial charge in [-0.2, -0.15) is 13.2 Å². The van der Waals surface area contributed by atoms with E-state index in [0.29, 0.717) is 11.2 Å². The first-order valence-electron chi connectivity index (χ1n) is 9.38. The average Bonchev–Trinajstić information content (AvgIpc) is 3.10. The Morgan fingerprint density at radius 3 is 2.58 bits per heavy atom. The molecule has 1 aliphatic rings. The molecule has 0 saturated carbocycles. The molecule has 0 spiro atoms. The topological polar surface area (TPSA) is 45.2 Å². The number of pyridine rings is 3. The summed E-state index contributed by atoms with van der Waals surface area (Å²) in [4.78, 5) is 15.7. The van der Waals surface area contributed by atoms with Crippen LogP contribution < -0.4 is 9.80 Å². The van der Waals surface area contributed by atoms with Crippen molar-refractivity contribution >= 4 is 39.6 Å². The number of benzene rings is 1. The fraction of sp³-hybridized carbons (Fsp3) is 0.136. The van der Waals surface area contributed by atoms with Crippen LogP contribution >= 0.6 is 11.6 Å². The fourth-order valence-corrected chi connectivity index (χ4v) is 4.00. The van der Waals surface area contributed by atoms with Gasteiger partial charge in [0.25, 0.3) is 0 Å². The molecule has 0 amide bonds. The van der Waals surface area contributed by atoms with Gasteiger partial charge in [0.15, 0.2) is 5.69 Å². The van der Waals surface area contributed by atoms with Crippen LogP contribution in [0.1, 0.15) is 5.69 Å². The van der Waals surface area contributed by atoms with E-state index in [0.717, 1.165) is 22.2 Å². The Morgan fingerprint density at radius 2 is 1.84 bits per heavy atom. The number of fused-ring (bicyclic) bond motifs is 3. The Kier molecular flexibility index (Phi) is 4.48. The van der Waals surface area contributed by atoms with Gasteiger partial charge in [0.2, 0.25) is 0 Å². The smallest absolute Gasteiger partial charge is 0.354 e. The summed E-state index contributed by atoms with van der Waals surface area (Å²) in [6.45, 7) is 0.222. The maximum Gasteiger partial charge on any atom is 0.435 e. The third-order valence-electron chi connectivity index (χ3n) is 5.25. The lowest BCUT2D eigenvalue weighted by Gasteiger charge is -2.23. The van der Waals surface area contributed by atoms with Gasteiger partial charge in [0.1, 0.15) is 5.15 Å². The monoisotopic (exact) mass is 441 g/mol. The van der Waals surface area contributed by atoms with Crippen LogP contribution in [0.15, 0.2) is 61.1 Å². The normalized spacial score (nSPS) is 13.7. The van der Waals surface area contributed by atoms with E-state index in [1.54, 1.807) is 23.5 Å². The lowest BCUT2D eigenvalue weighted by atomic mass is 10.0. The summed E-state index contributed by atoms with van der Waals surface area (Å²) in [5.74, 6) is 0. The molecule has 0 atom stereocenters. The van der Waals surface area contributed by atoms with Gasteiger partial charge >= 0.3 is 6.18 Å². The molecule has 4 heterocycles. The van der Waals surface area contributed by atoms with E-state index in [4.69, 9.17) is 11.6 Å². The third kappa shape index (κ3) is 3.33. The molecule has 0 unspecified atom stereocenters. The second kappa shape index (κ2) is 7.09. The Morgan fingerprint density at radius 1 is 1.00 bits per heavy atom. The Balaban J connectivity index is 1.75. The average molecular weight is 442 g/mol. The second-order valence-electron chi connectivity index (χ2n) is 7.23. The van der Waals surface area contributed by atoms with Crippen molar-refractivity contribution in [3.63, 3.8) is 0 Å². The first-order chi connectivity index (χ1) is 14.8. The lowest BCUT2D eigenvalue weighted by Crippen LogP contribution is -2.26. The van der Waals surface area contributed by atoms with Crippen LogP contribution in [0.4, 0.5) is 30.2 Å². The van der Waals surface area contributed by atoms with Crippen molar-refractivity contribution in [2.45, 2.75) is 6.18 Å².